The van der Waals surface area contributed by atoms with Crippen LogP contribution in [-0.4, -0.2) is 60.5 Å². The van der Waals surface area contributed by atoms with E-state index in [0.717, 1.165) is 65.7 Å². The smallest absolute Gasteiger partial charge is 0.225 e. The summed E-state index contributed by atoms with van der Waals surface area (Å²) in [5.41, 5.74) is 11.0. The van der Waals surface area contributed by atoms with E-state index in [1.807, 2.05) is 79.8 Å². The monoisotopic (exact) mass is 480 g/mol. The predicted molar refractivity (Wildman–Crippen MR) is 139 cm³/mol. The van der Waals surface area contributed by atoms with Gasteiger partial charge in [-0.15, -0.1) is 0 Å². The van der Waals surface area contributed by atoms with Crippen LogP contribution in [0.1, 0.15) is 18.1 Å². The van der Waals surface area contributed by atoms with Crippen LogP contribution in [0.5, 0.6) is 0 Å². The lowest BCUT2D eigenvalue weighted by molar-refractivity contribution is 0.592. The molecular weight excluding hydrogens is 452 g/mol. The summed E-state index contributed by atoms with van der Waals surface area (Å²) in [6.45, 7) is 5.20. The first kappa shape index (κ1) is 22.2. The summed E-state index contributed by atoms with van der Waals surface area (Å²) in [6, 6.07) is 12.2. The first-order chi connectivity index (χ1) is 17.5. The van der Waals surface area contributed by atoms with Crippen LogP contribution < -0.4 is 15.5 Å². The second kappa shape index (κ2) is 8.72. The van der Waals surface area contributed by atoms with Crippen molar-refractivity contribution in [1.29, 1.82) is 0 Å². The van der Waals surface area contributed by atoms with Crippen molar-refractivity contribution < 1.29 is 0 Å². The zero-order chi connectivity index (χ0) is 24.7. The van der Waals surface area contributed by atoms with Gasteiger partial charge in [0.25, 0.3) is 0 Å². The summed E-state index contributed by atoms with van der Waals surface area (Å²) in [5.74, 6) is 1.65. The van der Waals surface area contributed by atoms with E-state index in [1.165, 1.54) is 0 Å². The number of aromatic nitrogens is 7. The number of anilines is 2. The standard InChI is InChI=1S/C26H28N10/c1-26(27,21-6-4-3-5-7-21)22-14-28-25(29-15-22)35-10-8-34(9-11-35)24-23-12-19(17-36(23)32-18-30-24)20-13-31-33(2)16-20/h3-7,12-18H,8-11,27H2,1-2H3/t26-/m1/s1. The Balaban J connectivity index is 1.17. The Morgan fingerprint density at radius 3 is 2.22 bits per heavy atom. The molecule has 0 aliphatic carbocycles. The highest BCUT2D eigenvalue weighted by Gasteiger charge is 2.26. The van der Waals surface area contributed by atoms with Gasteiger partial charge in [0.15, 0.2) is 5.82 Å². The normalized spacial score (nSPS) is 15.9. The van der Waals surface area contributed by atoms with Gasteiger partial charge in [-0.05, 0) is 18.6 Å². The third-order valence-electron chi connectivity index (χ3n) is 6.90. The molecule has 0 saturated carbocycles. The third kappa shape index (κ3) is 3.95. The number of fused-ring (bicyclic) bond motifs is 1. The van der Waals surface area contributed by atoms with Gasteiger partial charge in [0.1, 0.15) is 11.8 Å². The largest absolute Gasteiger partial charge is 0.351 e. The molecule has 5 heterocycles. The summed E-state index contributed by atoms with van der Waals surface area (Å²) in [4.78, 5) is 18.4. The van der Waals surface area contributed by atoms with Crippen molar-refractivity contribution >= 4 is 17.3 Å². The minimum absolute atomic E-state index is 0.650. The van der Waals surface area contributed by atoms with Crippen LogP contribution in [0, 0.1) is 0 Å². The Kier molecular flexibility index (Phi) is 5.37. The van der Waals surface area contributed by atoms with E-state index in [0.29, 0.717) is 0 Å². The van der Waals surface area contributed by atoms with Crippen molar-refractivity contribution in [3.05, 3.63) is 84.8 Å². The van der Waals surface area contributed by atoms with Crippen molar-refractivity contribution in [3.63, 3.8) is 0 Å². The van der Waals surface area contributed by atoms with Crippen molar-refractivity contribution in [2.75, 3.05) is 36.0 Å². The molecule has 6 rings (SSSR count). The molecule has 1 aromatic carbocycles. The molecule has 10 heteroatoms. The first-order valence-corrected chi connectivity index (χ1v) is 12.0. The van der Waals surface area contributed by atoms with Crippen LogP contribution in [0.3, 0.4) is 0 Å². The average molecular weight is 481 g/mol. The number of hydrogen-bond donors (Lipinski definition) is 1. The second-order valence-corrected chi connectivity index (χ2v) is 9.36. The molecule has 5 aromatic rings. The highest BCUT2D eigenvalue weighted by molar-refractivity contribution is 5.77. The molecule has 10 nitrogen and oxygen atoms in total. The van der Waals surface area contributed by atoms with E-state index in [1.54, 1.807) is 11.0 Å². The molecule has 0 radical (unpaired) electrons. The topological polar surface area (TPSA) is 106 Å². The van der Waals surface area contributed by atoms with Gasteiger partial charge >= 0.3 is 0 Å². The number of rotatable bonds is 5. The molecular formula is C26H28N10. The number of nitrogens with two attached hydrogens (primary N) is 1. The molecule has 0 spiro atoms. The second-order valence-electron chi connectivity index (χ2n) is 9.36. The Bertz CT molecular complexity index is 1480. The van der Waals surface area contributed by atoms with Gasteiger partial charge in [-0.3, -0.25) is 4.68 Å². The molecule has 1 atom stereocenters. The fraction of sp³-hybridized carbons (Fsp3) is 0.269. The maximum absolute atomic E-state index is 6.64. The quantitative estimate of drug-likeness (QED) is 0.409. The van der Waals surface area contributed by atoms with Crippen molar-refractivity contribution in [3.8, 4) is 11.1 Å². The summed E-state index contributed by atoms with van der Waals surface area (Å²) < 4.78 is 3.68. The highest BCUT2D eigenvalue weighted by atomic mass is 15.4. The summed E-state index contributed by atoms with van der Waals surface area (Å²) in [6.07, 6.45) is 11.2. The molecule has 1 fully saturated rings. The van der Waals surface area contributed by atoms with Crippen molar-refractivity contribution in [1.82, 2.24) is 34.3 Å². The van der Waals surface area contributed by atoms with E-state index in [-0.39, 0.29) is 0 Å². The summed E-state index contributed by atoms with van der Waals surface area (Å²) >= 11 is 0. The van der Waals surface area contributed by atoms with Gasteiger partial charge < -0.3 is 15.5 Å². The van der Waals surface area contributed by atoms with E-state index in [4.69, 9.17) is 5.73 Å². The maximum Gasteiger partial charge on any atom is 0.225 e. The molecule has 1 aliphatic rings. The number of benzene rings is 1. The lowest BCUT2D eigenvalue weighted by atomic mass is 9.87. The number of nitrogens with zero attached hydrogens (tertiary/aromatic N) is 9. The summed E-state index contributed by atoms with van der Waals surface area (Å²) in [5, 5.41) is 8.70. The van der Waals surface area contributed by atoms with E-state index in [9.17, 15) is 0 Å². The van der Waals surface area contributed by atoms with E-state index >= 15 is 0 Å². The van der Waals surface area contributed by atoms with Crippen LogP contribution in [0.15, 0.2) is 73.7 Å². The molecule has 1 saturated heterocycles. The minimum atomic E-state index is -0.650. The van der Waals surface area contributed by atoms with E-state index in [2.05, 4.69) is 41.0 Å². The molecule has 1 aliphatic heterocycles. The molecule has 4 aromatic heterocycles. The summed E-state index contributed by atoms with van der Waals surface area (Å²) in [7, 11) is 1.92. The van der Waals surface area contributed by atoms with Gasteiger partial charge in [0.2, 0.25) is 5.95 Å². The van der Waals surface area contributed by atoms with Gasteiger partial charge in [0.05, 0.1) is 11.7 Å². The van der Waals surface area contributed by atoms with Crippen LogP contribution in [0.2, 0.25) is 0 Å². The van der Waals surface area contributed by atoms with Crippen LogP contribution in [0.25, 0.3) is 16.6 Å². The Morgan fingerprint density at radius 1 is 0.806 bits per heavy atom. The van der Waals surface area contributed by atoms with Gasteiger partial charge in [-0.2, -0.15) is 10.2 Å². The van der Waals surface area contributed by atoms with Crippen LogP contribution in [0.4, 0.5) is 11.8 Å². The zero-order valence-electron chi connectivity index (χ0n) is 20.4. The zero-order valence-corrected chi connectivity index (χ0v) is 20.4. The number of hydrogen-bond acceptors (Lipinski definition) is 8. The van der Waals surface area contributed by atoms with Gasteiger partial charge in [-0.25, -0.2) is 19.5 Å². The highest BCUT2D eigenvalue weighted by Crippen LogP contribution is 2.28. The minimum Gasteiger partial charge on any atom is -0.351 e. The Morgan fingerprint density at radius 2 is 1.53 bits per heavy atom. The van der Waals surface area contributed by atoms with Crippen LogP contribution >= 0.6 is 0 Å². The van der Waals surface area contributed by atoms with Crippen LogP contribution in [-0.2, 0) is 12.6 Å². The molecule has 0 bridgehead atoms. The van der Waals surface area contributed by atoms with Gasteiger partial charge in [0, 0.05) is 74.7 Å². The predicted octanol–water partition coefficient (Wildman–Crippen LogP) is 2.47. The Hall–Kier alpha value is -4.31. The number of aryl methyl sites for hydroxylation is 1. The molecule has 0 amide bonds. The fourth-order valence-corrected chi connectivity index (χ4v) is 4.71. The SMILES string of the molecule is Cn1cc(-c2cc3c(N4CCN(c5ncc([C@](C)(N)c6ccccc6)cn5)CC4)ncnn3c2)cn1. The lowest BCUT2D eigenvalue weighted by Crippen LogP contribution is -2.47. The van der Waals surface area contributed by atoms with Gasteiger partial charge in [-0.1, -0.05) is 30.3 Å². The third-order valence-corrected chi connectivity index (χ3v) is 6.90. The molecule has 0 unspecified atom stereocenters. The fourth-order valence-electron chi connectivity index (χ4n) is 4.71. The molecule has 36 heavy (non-hydrogen) atoms. The molecule has 182 valence electrons. The first-order valence-electron chi connectivity index (χ1n) is 12.0. The number of piperazine rings is 1. The van der Waals surface area contributed by atoms with Crippen molar-refractivity contribution in [2.45, 2.75) is 12.5 Å². The maximum atomic E-state index is 6.64. The Labute approximate surface area is 209 Å². The van der Waals surface area contributed by atoms with Crippen molar-refractivity contribution in [2.24, 2.45) is 12.8 Å². The molecule has 2 N–H and O–H groups in total. The lowest BCUT2D eigenvalue weighted by Gasteiger charge is -2.35. The van der Waals surface area contributed by atoms with E-state index < -0.39 is 5.54 Å². The average Bonchev–Trinajstić information content (AvgIpc) is 3.55.